The minimum absolute atomic E-state index is 0.0786. The van der Waals surface area contributed by atoms with Crippen LogP contribution in [0.3, 0.4) is 0 Å². The van der Waals surface area contributed by atoms with Gasteiger partial charge in [-0.25, -0.2) is 4.79 Å². The van der Waals surface area contributed by atoms with Crippen LogP contribution in [0.1, 0.15) is 33.6 Å². The second kappa shape index (κ2) is 5.52. The number of carboxylic acids is 1. The Labute approximate surface area is 107 Å². The lowest BCUT2D eigenvalue weighted by molar-refractivity contribution is -0.149. The van der Waals surface area contributed by atoms with Crippen LogP contribution in [0.25, 0.3) is 0 Å². The Hall–Kier alpha value is -0.700. The third-order valence-electron chi connectivity index (χ3n) is 2.32. The fourth-order valence-corrected chi connectivity index (χ4v) is 2.96. The average Bonchev–Trinajstić information content (AvgIpc) is 2.59. The Morgan fingerprint density at radius 3 is 2.44 bits per heavy atom. The van der Waals surface area contributed by atoms with Crippen molar-refractivity contribution in [2.45, 2.75) is 51.4 Å². The van der Waals surface area contributed by atoms with Crippen LogP contribution in [0.4, 0.5) is 0 Å². The van der Waals surface area contributed by atoms with Crippen molar-refractivity contribution < 1.29 is 23.1 Å². The fraction of sp³-hybridized carbons (Fsp3) is 0.900. The molecule has 1 rings (SSSR count). The molecule has 3 N–H and O–H groups in total. The molecular weight excluding hydrogens is 260 g/mol. The van der Waals surface area contributed by atoms with Gasteiger partial charge in [0.25, 0.3) is 10.2 Å². The Balaban J connectivity index is 2.40. The Bertz CT molecular complexity index is 401. The number of aliphatic carboxylic acids is 1. The van der Waals surface area contributed by atoms with Gasteiger partial charge in [0.2, 0.25) is 0 Å². The van der Waals surface area contributed by atoms with E-state index in [2.05, 4.69) is 9.44 Å². The highest BCUT2D eigenvalue weighted by Gasteiger charge is 2.31. The van der Waals surface area contributed by atoms with E-state index >= 15 is 0 Å². The first-order valence-electron chi connectivity index (χ1n) is 5.76. The van der Waals surface area contributed by atoms with E-state index in [4.69, 9.17) is 9.84 Å². The summed E-state index contributed by atoms with van der Waals surface area (Å²) in [5.74, 6) is -1.01. The first-order chi connectivity index (χ1) is 8.09. The van der Waals surface area contributed by atoms with Crippen molar-refractivity contribution in [3.05, 3.63) is 0 Å². The summed E-state index contributed by atoms with van der Waals surface area (Å²) in [5, 5.41) is 8.74. The molecule has 0 aromatic heterocycles. The molecule has 0 aliphatic carbocycles. The van der Waals surface area contributed by atoms with Gasteiger partial charge in [-0.15, -0.1) is 0 Å². The zero-order chi connectivity index (χ0) is 14.0. The molecule has 0 amide bonds. The first-order valence-corrected chi connectivity index (χ1v) is 7.24. The number of nitrogens with one attached hydrogen (secondary N) is 2. The summed E-state index contributed by atoms with van der Waals surface area (Å²) in [6.45, 7) is 5.28. The van der Waals surface area contributed by atoms with Gasteiger partial charge in [-0.2, -0.15) is 17.9 Å². The van der Waals surface area contributed by atoms with E-state index in [1.807, 2.05) is 0 Å². The summed E-state index contributed by atoms with van der Waals surface area (Å²) in [4.78, 5) is 10.7. The Morgan fingerprint density at radius 2 is 2.00 bits per heavy atom. The molecule has 0 spiro atoms. The van der Waals surface area contributed by atoms with Gasteiger partial charge in [0.05, 0.1) is 6.10 Å². The quantitative estimate of drug-likeness (QED) is 0.649. The van der Waals surface area contributed by atoms with Gasteiger partial charge >= 0.3 is 5.97 Å². The zero-order valence-corrected chi connectivity index (χ0v) is 11.6. The van der Waals surface area contributed by atoms with E-state index in [9.17, 15) is 13.2 Å². The Kier molecular flexibility index (Phi) is 4.71. The highest BCUT2D eigenvalue weighted by molar-refractivity contribution is 7.87. The standard InChI is InChI=1S/C10H20N2O5S/c1-10(2,3)12-18(15,16)11-6-7-4-5-8(17-7)9(13)14/h7-8,11-12H,4-6H2,1-3H3,(H,13,14). The molecule has 18 heavy (non-hydrogen) atoms. The molecule has 2 unspecified atom stereocenters. The number of rotatable bonds is 5. The van der Waals surface area contributed by atoms with Gasteiger partial charge in [-0.1, -0.05) is 0 Å². The van der Waals surface area contributed by atoms with Gasteiger partial charge < -0.3 is 9.84 Å². The number of carboxylic acid groups (broad SMARTS) is 1. The molecule has 8 heteroatoms. The van der Waals surface area contributed by atoms with Crippen LogP contribution < -0.4 is 9.44 Å². The predicted molar refractivity (Wildman–Crippen MR) is 65.3 cm³/mol. The molecule has 0 radical (unpaired) electrons. The number of hydrogen-bond donors (Lipinski definition) is 3. The van der Waals surface area contributed by atoms with E-state index in [0.717, 1.165) is 0 Å². The molecule has 2 atom stereocenters. The van der Waals surface area contributed by atoms with Crippen molar-refractivity contribution in [3.8, 4) is 0 Å². The van der Waals surface area contributed by atoms with Crippen molar-refractivity contribution in [1.82, 2.24) is 9.44 Å². The number of ether oxygens (including phenoxy) is 1. The molecule has 1 fully saturated rings. The van der Waals surface area contributed by atoms with Crippen molar-refractivity contribution in [3.63, 3.8) is 0 Å². The maximum absolute atomic E-state index is 11.6. The van der Waals surface area contributed by atoms with E-state index in [-0.39, 0.29) is 12.6 Å². The lowest BCUT2D eigenvalue weighted by Crippen LogP contribution is -2.48. The van der Waals surface area contributed by atoms with Gasteiger partial charge in [0.1, 0.15) is 0 Å². The van der Waals surface area contributed by atoms with Gasteiger partial charge in [-0.05, 0) is 33.6 Å². The minimum atomic E-state index is -3.59. The third-order valence-corrected chi connectivity index (χ3v) is 3.75. The van der Waals surface area contributed by atoms with Crippen molar-refractivity contribution >= 4 is 16.2 Å². The summed E-state index contributed by atoms with van der Waals surface area (Å²) in [5.41, 5.74) is -0.564. The van der Waals surface area contributed by atoms with Crippen molar-refractivity contribution in [2.75, 3.05) is 6.54 Å². The second-order valence-corrected chi connectivity index (χ2v) is 6.87. The monoisotopic (exact) mass is 280 g/mol. The molecule has 0 saturated carbocycles. The van der Waals surface area contributed by atoms with Crippen LogP contribution in [0.5, 0.6) is 0 Å². The molecule has 0 aromatic carbocycles. The lowest BCUT2D eigenvalue weighted by Gasteiger charge is -2.21. The van der Waals surface area contributed by atoms with Crippen molar-refractivity contribution in [1.29, 1.82) is 0 Å². The van der Waals surface area contributed by atoms with Crippen LogP contribution in [-0.4, -0.2) is 43.8 Å². The summed E-state index contributed by atoms with van der Waals surface area (Å²) in [6.07, 6.45) is -0.263. The maximum Gasteiger partial charge on any atom is 0.332 e. The molecule has 0 aromatic rings. The van der Waals surface area contributed by atoms with Crippen molar-refractivity contribution in [2.24, 2.45) is 0 Å². The van der Waals surface area contributed by atoms with E-state index in [1.165, 1.54) is 0 Å². The molecule has 1 heterocycles. The molecule has 0 bridgehead atoms. The van der Waals surface area contributed by atoms with Crippen LogP contribution in [0.2, 0.25) is 0 Å². The SMILES string of the molecule is CC(C)(C)NS(=O)(=O)NCC1CCC(C(=O)O)O1. The normalized spacial score (nSPS) is 25.3. The molecular formula is C10H20N2O5S. The van der Waals surface area contributed by atoms with Crippen LogP contribution in [0.15, 0.2) is 0 Å². The molecule has 1 aliphatic rings. The van der Waals surface area contributed by atoms with Gasteiger partial charge in [0, 0.05) is 12.1 Å². The van der Waals surface area contributed by atoms with E-state index in [1.54, 1.807) is 20.8 Å². The summed E-state index contributed by atoms with van der Waals surface area (Å²) >= 11 is 0. The smallest absolute Gasteiger partial charge is 0.332 e. The molecule has 7 nitrogen and oxygen atoms in total. The zero-order valence-electron chi connectivity index (χ0n) is 10.8. The van der Waals surface area contributed by atoms with Crippen LogP contribution >= 0.6 is 0 Å². The maximum atomic E-state index is 11.6. The van der Waals surface area contributed by atoms with E-state index < -0.39 is 27.8 Å². The number of carbonyl (C=O) groups is 1. The molecule has 106 valence electrons. The highest BCUT2D eigenvalue weighted by Crippen LogP contribution is 2.19. The summed E-state index contributed by atoms with van der Waals surface area (Å²) < 4.78 is 33.2. The number of hydrogen-bond acceptors (Lipinski definition) is 4. The second-order valence-electron chi connectivity index (χ2n) is 5.37. The Morgan fingerprint density at radius 1 is 1.39 bits per heavy atom. The van der Waals surface area contributed by atoms with Crippen LogP contribution in [-0.2, 0) is 19.7 Å². The largest absolute Gasteiger partial charge is 0.479 e. The average molecular weight is 280 g/mol. The van der Waals surface area contributed by atoms with Gasteiger partial charge in [-0.3, -0.25) is 0 Å². The molecule has 1 aliphatic heterocycles. The lowest BCUT2D eigenvalue weighted by atomic mass is 10.1. The predicted octanol–water partition coefficient (Wildman–Crippen LogP) is -0.159. The van der Waals surface area contributed by atoms with Gasteiger partial charge in [0.15, 0.2) is 6.10 Å². The molecule has 1 saturated heterocycles. The first kappa shape index (κ1) is 15.4. The summed E-state index contributed by atoms with van der Waals surface area (Å²) in [6, 6.07) is 0. The fourth-order valence-electron chi connectivity index (χ4n) is 1.68. The third kappa shape index (κ3) is 5.30. The topological polar surface area (TPSA) is 105 Å². The van der Waals surface area contributed by atoms with Crippen LogP contribution in [0, 0.1) is 0 Å². The highest BCUT2D eigenvalue weighted by atomic mass is 32.2. The van der Waals surface area contributed by atoms with E-state index in [0.29, 0.717) is 12.8 Å². The minimum Gasteiger partial charge on any atom is -0.479 e. The summed E-state index contributed by atoms with van der Waals surface area (Å²) in [7, 11) is -3.59.